The molecule has 30 heavy (non-hydrogen) atoms. The van der Waals surface area contributed by atoms with E-state index in [1.807, 2.05) is 68.6 Å². The van der Waals surface area contributed by atoms with Crippen molar-refractivity contribution in [2.45, 2.75) is 32.0 Å². The first-order valence-corrected chi connectivity index (χ1v) is 10.6. The lowest BCUT2D eigenvalue weighted by atomic mass is 9.86. The van der Waals surface area contributed by atoms with E-state index in [0.29, 0.717) is 18.7 Å². The fraction of sp³-hybridized carbons (Fsp3) is 0.417. The summed E-state index contributed by atoms with van der Waals surface area (Å²) in [6.07, 6.45) is 4.43. The number of carbonyl (C=O) groups excluding carboxylic acids is 1. The van der Waals surface area contributed by atoms with E-state index in [1.165, 1.54) is 5.56 Å². The molecule has 2 N–H and O–H groups in total. The van der Waals surface area contributed by atoms with Gasteiger partial charge in [0, 0.05) is 42.9 Å². The van der Waals surface area contributed by atoms with Gasteiger partial charge < -0.3 is 15.0 Å². The molecular weight excluding hydrogens is 378 g/mol. The summed E-state index contributed by atoms with van der Waals surface area (Å²) in [5, 5.41) is 13.2. The van der Waals surface area contributed by atoms with E-state index < -0.39 is 0 Å². The lowest BCUT2D eigenvalue weighted by Crippen LogP contribution is -2.44. The molecular formula is C24H29N3O3. The Balaban J connectivity index is 1.59. The number of rotatable bonds is 6. The number of benzene rings is 1. The number of amides is 1. The van der Waals surface area contributed by atoms with Crippen molar-refractivity contribution in [1.29, 1.82) is 0 Å². The first-order valence-electron chi connectivity index (χ1n) is 10.6. The minimum atomic E-state index is -0.388. The van der Waals surface area contributed by atoms with E-state index in [-0.39, 0.29) is 42.0 Å². The summed E-state index contributed by atoms with van der Waals surface area (Å²) >= 11 is 0. The Morgan fingerprint density at radius 1 is 1.23 bits per heavy atom. The molecule has 6 heteroatoms. The van der Waals surface area contributed by atoms with Crippen molar-refractivity contribution in [2.75, 3.05) is 20.2 Å². The number of likely N-dealkylation sites (N-methyl/N-ethyl adjacent to an activating group) is 1. The molecule has 1 saturated heterocycles. The van der Waals surface area contributed by atoms with Gasteiger partial charge in [-0.25, -0.2) is 0 Å². The minimum Gasteiger partial charge on any atom is -0.396 e. The fourth-order valence-corrected chi connectivity index (χ4v) is 5.11. The Hall–Kier alpha value is -2.70. The zero-order valence-corrected chi connectivity index (χ0v) is 17.5. The first-order chi connectivity index (χ1) is 14.6. The predicted octanol–water partition coefficient (Wildman–Crippen LogP) is 1.83. The number of aromatic nitrogens is 1. The molecule has 0 saturated carbocycles. The Morgan fingerprint density at radius 2 is 2.00 bits per heavy atom. The van der Waals surface area contributed by atoms with Crippen LogP contribution in [0.2, 0.25) is 0 Å². The van der Waals surface area contributed by atoms with Crippen molar-refractivity contribution >= 4 is 12.0 Å². The number of nitrogens with zero attached hydrogens (tertiary/aromatic N) is 2. The van der Waals surface area contributed by atoms with Crippen LogP contribution in [0.4, 0.5) is 0 Å². The highest BCUT2D eigenvalue weighted by molar-refractivity contribution is 5.80. The van der Waals surface area contributed by atoms with E-state index in [9.17, 15) is 14.7 Å². The third-order valence-electron chi connectivity index (χ3n) is 6.58. The smallest absolute Gasteiger partial charge is 0.258 e. The molecule has 4 atom stereocenters. The van der Waals surface area contributed by atoms with E-state index >= 15 is 0 Å². The van der Waals surface area contributed by atoms with Crippen LogP contribution < -0.4 is 10.9 Å². The summed E-state index contributed by atoms with van der Waals surface area (Å²) in [6, 6.07) is 13.6. The van der Waals surface area contributed by atoms with Crippen molar-refractivity contribution in [1.82, 2.24) is 14.8 Å². The number of fused-ring (bicyclic) bond motifs is 4. The largest absolute Gasteiger partial charge is 0.396 e. The average Bonchev–Trinajstić information content (AvgIpc) is 2.93. The van der Waals surface area contributed by atoms with E-state index in [4.69, 9.17) is 0 Å². The molecule has 1 aromatic heterocycles. The van der Waals surface area contributed by atoms with Gasteiger partial charge >= 0.3 is 0 Å². The van der Waals surface area contributed by atoms with Gasteiger partial charge in [0.1, 0.15) is 0 Å². The third kappa shape index (κ3) is 3.50. The molecule has 1 fully saturated rings. The van der Waals surface area contributed by atoms with Crippen molar-refractivity contribution in [3.63, 3.8) is 0 Å². The number of aliphatic hydroxyl groups is 1. The lowest BCUT2D eigenvalue weighted by Gasteiger charge is -2.35. The highest BCUT2D eigenvalue weighted by atomic mass is 16.3. The molecule has 0 unspecified atom stereocenters. The Labute approximate surface area is 176 Å². The van der Waals surface area contributed by atoms with Crippen molar-refractivity contribution in [3.05, 3.63) is 75.7 Å². The second kappa shape index (κ2) is 8.58. The van der Waals surface area contributed by atoms with Crippen LogP contribution in [0.3, 0.4) is 0 Å². The van der Waals surface area contributed by atoms with Gasteiger partial charge in [0.25, 0.3) is 5.56 Å². The molecule has 2 aromatic rings. The van der Waals surface area contributed by atoms with Gasteiger partial charge in [0.15, 0.2) is 0 Å². The van der Waals surface area contributed by atoms with Crippen LogP contribution in [0.5, 0.6) is 0 Å². The van der Waals surface area contributed by atoms with Crippen molar-refractivity contribution < 1.29 is 9.90 Å². The Kier molecular flexibility index (Phi) is 5.88. The summed E-state index contributed by atoms with van der Waals surface area (Å²) in [6.45, 7) is 2.85. The monoisotopic (exact) mass is 407 g/mol. The predicted molar refractivity (Wildman–Crippen MR) is 117 cm³/mol. The van der Waals surface area contributed by atoms with Crippen molar-refractivity contribution in [2.24, 2.45) is 11.8 Å². The lowest BCUT2D eigenvalue weighted by molar-refractivity contribution is -0.127. The maximum atomic E-state index is 13.2. The maximum Gasteiger partial charge on any atom is 0.258 e. The number of nitrogens with one attached hydrogen (secondary N) is 1. The van der Waals surface area contributed by atoms with Crippen LogP contribution >= 0.6 is 0 Å². The number of allylic oxidation sites excluding steroid dienone is 1. The summed E-state index contributed by atoms with van der Waals surface area (Å²) < 4.78 is 1.80. The zero-order valence-electron chi connectivity index (χ0n) is 17.5. The molecule has 6 nitrogen and oxygen atoms in total. The normalized spacial score (nSPS) is 25.4. The fourth-order valence-electron chi connectivity index (χ4n) is 5.11. The molecule has 0 aliphatic carbocycles. The van der Waals surface area contributed by atoms with Crippen LogP contribution in [-0.2, 0) is 17.8 Å². The molecule has 0 spiro atoms. The number of carbonyl (C=O) groups is 1. The van der Waals surface area contributed by atoms with Crippen LogP contribution in [0.1, 0.15) is 29.8 Å². The number of aliphatic hydroxyl groups excluding tert-OH is 1. The summed E-state index contributed by atoms with van der Waals surface area (Å²) in [5.41, 5.74) is 2.64. The van der Waals surface area contributed by atoms with Gasteiger partial charge in [0.05, 0.1) is 12.0 Å². The van der Waals surface area contributed by atoms with Crippen LogP contribution in [-0.4, -0.2) is 46.7 Å². The van der Waals surface area contributed by atoms with Crippen LogP contribution in [0, 0.1) is 11.8 Å². The highest BCUT2D eigenvalue weighted by Gasteiger charge is 2.54. The van der Waals surface area contributed by atoms with Crippen molar-refractivity contribution in [3.8, 4) is 0 Å². The van der Waals surface area contributed by atoms with E-state index in [2.05, 4.69) is 10.2 Å². The topological polar surface area (TPSA) is 74.6 Å². The molecule has 1 aromatic carbocycles. The molecule has 2 aliphatic rings. The van der Waals surface area contributed by atoms with Gasteiger partial charge in [-0.2, -0.15) is 0 Å². The second-order valence-electron chi connectivity index (χ2n) is 8.21. The molecule has 2 aliphatic heterocycles. The van der Waals surface area contributed by atoms with Crippen LogP contribution in [0.15, 0.2) is 53.3 Å². The first kappa shape index (κ1) is 20.6. The zero-order chi connectivity index (χ0) is 21.3. The van der Waals surface area contributed by atoms with Gasteiger partial charge in [-0.05, 0) is 38.1 Å². The number of hydrogen-bond donors (Lipinski definition) is 2. The van der Waals surface area contributed by atoms with Gasteiger partial charge in [0.2, 0.25) is 5.91 Å². The quantitative estimate of drug-likeness (QED) is 0.766. The highest BCUT2D eigenvalue weighted by Crippen LogP contribution is 2.47. The number of pyridine rings is 1. The van der Waals surface area contributed by atoms with E-state index in [0.717, 1.165) is 12.1 Å². The van der Waals surface area contributed by atoms with Gasteiger partial charge in [-0.1, -0.05) is 42.5 Å². The third-order valence-corrected chi connectivity index (χ3v) is 6.58. The number of hydrogen-bond acceptors (Lipinski definition) is 4. The molecule has 0 radical (unpaired) electrons. The van der Waals surface area contributed by atoms with E-state index in [1.54, 1.807) is 4.57 Å². The van der Waals surface area contributed by atoms with Gasteiger partial charge in [-0.15, -0.1) is 0 Å². The second-order valence-corrected chi connectivity index (χ2v) is 8.21. The molecule has 1 amide bonds. The Morgan fingerprint density at radius 3 is 2.70 bits per heavy atom. The summed E-state index contributed by atoms with van der Waals surface area (Å²) in [5.74, 6) is -0.648. The minimum absolute atomic E-state index is 0.0319. The summed E-state index contributed by atoms with van der Waals surface area (Å²) in [4.78, 5) is 28.3. The maximum absolute atomic E-state index is 13.2. The molecule has 158 valence electrons. The standard InChI is InChI=1S/C24H29N3O3/c1-3-7-17-10-11-19-22-21(23(29)25-13-12-16-8-5-4-6-9-16)18(15-28)20(26(22)2)14-27(19)24(17)30/h3-11,18,20-22,28H,12-15H2,1-2H3,(H,25,29)/b7-3-/t18-,20-,21+,22+/m0/s1. The molecule has 3 heterocycles. The SMILES string of the molecule is C/C=C\c1ccc2n(c1=O)C[C@H]1[C@H](CO)[C@@H](C(=O)NCCc3ccccc3)[C@@H]2N1C. The Bertz CT molecular complexity index is 999. The molecule has 4 rings (SSSR count). The van der Waals surface area contributed by atoms with Gasteiger partial charge in [-0.3, -0.25) is 14.5 Å². The average molecular weight is 408 g/mol. The summed E-state index contributed by atoms with van der Waals surface area (Å²) in [7, 11) is 1.99. The molecule has 2 bridgehead atoms. The van der Waals surface area contributed by atoms with Crippen LogP contribution in [0.25, 0.3) is 6.08 Å².